The van der Waals surface area contributed by atoms with Gasteiger partial charge in [-0.2, -0.15) is 0 Å². The van der Waals surface area contributed by atoms with Crippen LogP contribution in [0.1, 0.15) is 18.4 Å². The molecule has 1 aliphatic carbocycles. The summed E-state index contributed by atoms with van der Waals surface area (Å²) in [4.78, 5) is 2.42. The molecule has 1 aromatic heterocycles. The van der Waals surface area contributed by atoms with Crippen LogP contribution in [-0.2, 0) is 0 Å². The van der Waals surface area contributed by atoms with Crippen molar-refractivity contribution in [3.63, 3.8) is 0 Å². The second-order valence-corrected chi connectivity index (χ2v) is 13.6. The molecule has 1 heterocycles. The molecule has 8 aromatic carbocycles. The lowest BCUT2D eigenvalue weighted by atomic mass is 9.92. The van der Waals surface area contributed by atoms with Gasteiger partial charge in [-0.15, -0.1) is 0 Å². The van der Waals surface area contributed by atoms with Crippen LogP contribution < -0.4 is 15.5 Å². The summed E-state index contributed by atoms with van der Waals surface area (Å²) in [6.45, 7) is 0. The van der Waals surface area contributed by atoms with E-state index in [4.69, 9.17) is 4.42 Å². The molecule has 0 fully saturated rings. The zero-order valence-corrected chi connectivity index (χ0v) is 28.7. The van der Waals surface area contributed by atoms with Gasteiger partial charge in [-0.05, 0) is 99.5 Å². The highest BCUT2D eigenvalue weighted by molar-refractivity contribution is 6.13. The molecule has 0 unspecified atom stereocenters. The Hall–Kier alpha value is -6.64. The first kappa shape index (κ1) is 30.2. The summed E-state index contributed by atoms with van der Waals surface area (Å²) in [5.74, 6) is 0. The monoisotopic (exact) mass is 665 g/mol. The predicted octanol–water partition coefficient (Wildman–Crippen LogP) is 12.3. The third kappa shape index (κ3) is 5.20. The molecular formula is C50H35NO. The van der Waals surface area contributed by atoms with Crippen LogP contribution in [0.5, 0.6) is 0 Å². The van der Waals surface area contributed by atoms with Crippen LogP contribution in [0, 0.1) is 0 Å². The highest BCUT2D eigenvalue weighted by Gasteiger charge is 2.22. The smallest absolute Gasteiger partial charge is 0.143 e. The number of fused-ring (bicyclic) bond motifs is 6. The van der Waals surface area contributed by atoms with Crippen molar-refractivity contribution in [2.24, 2.45) is 0 Å². The molecule has 0 radical (unpaired) electrons. The number of rotatable bonds is 6. The number of hydrogen-bond acceptors (Lipinski definition) is 2. The lowest BCUT2D eigenvalue weighted by Gasteiger charge is -2.28. The highest BCUT2D eigenvalue weighted by Crippen LogP contribution is 2.43. The molecule has 9 aromatic rings. The van der Waals surface area contributed by atoms with E-state index in [1.165, 1.54) is 49.4 Å². The Labute approximate surface area is 302 Å². The van der Waals surface area contributed by atoms with Crippen LogP contribution in [0.3, 0.4) is 0 Å². The molecule has 2 heteroatoms. The van der Waals surface area contributed by atoms with Crippen LogP contribution in [-0.4, -0.2) is 0 Å². The summed E-state index contributed by atoms with van der Waals surface area (Å²) in [5.41, 5.74) is 12.6. The molecule has 0 amide bonds. The maximum absolute atomic E-state index is 6.84. The van der Waals surface area contributed by atoms with Gasteiger partial charge < -0.3 is 9.32 Å². The van der Waals surface area contributed by atoms with Gasteiger partial charge in [-0.3, -0.25) is 0 Å². The van der Waals surface area contributed by atoms with Gasteiger partial charge in [0.2, 0.25) is 0 Å². The first-order chi connectivity index (χ1) is 25.8. The molecule has 0 saturated carbocycles. The Balaban J connectivity index is 1.25. The maximum atomic E-state index is 6.84. The standard InChI is InChI=1S/C50H35NO/c1-3-13-34(14-4-1)37-27-29-41(30-28-37)51(42-20-11-19-39(32-42)35-15-5-2-6-16-35)47-33-46-49-43(40-26-25-36-17-7-8-18-38(36)31-40)23-12-24-48(49)52-50(46)45-22-10-9-21-44(45)47/h1-11,13-22,24-33H,12,23H2. The third-order valence-corrected chi connectivity index (χ3v) is 10.5. The van der Waals surface area contributed by atoms with Gasteiger partial charge in [0.25, 0.3) is 0 Å². The second-order valence-electron chi connectivity index (χ2n) is 13.6. The Kier molecular flexibility index (Phi) is 7.32. The van der Waals surface area contributed by atoms with Crippen molar-refractivity contribution >= 4 is 61.2 Å². The van der Waals surface area contributed by atoms with Crippen molar-refractivity contribution < 1.29 is 4.42 Å². The number of furan rings is 1. The van der Waals surface area contributed by atoms with Gasteiger partial charge in [-0.25, -0.2) is 0 Å². The lowest BCUT2D eigenvalue weighted by Crippen LogP contribution is -2.26. The molecule has 0 N–H and O–H groups in total. The van der Waals surface area contributed by atoms with Crippen molar-refractivity contribution in [2.45, 2.75) is 12.8 Å². The quantitative estimate of drug-likeness (QED) is 0.176. The van der Waals surface area contributed by atoms with E-state index in [0.29, 0.717) is 0 Å². The lowest BCUT2D eigenvalue weighted by molar-refractivity contribution is 0.574. The minimum Gasteiger partial charge on any atom is -0.456 e. The van der Waals surface area contributed by atoms with Crippen LogP contribution in [0.4, 0.5) is 17.1 Å². The van der Waals surface area contributed by atoms with E-state index in [2.05, 4.69) is 193 Å². The van der Waals surface area contributed by atoms with Crippen LogP contribution in [0.2, 0.25) is 0 Å². The van der Waals surface area contributed by atoms with E-state index in [1.54, 1.807) is 0 Å². The van der Waals surface area contributed by atoms with Gasteiger partial charge in [-0.1, -0.05) is 146 Å². The predicted molar refractivity (Wildman–Crippen MR) is 219 cm³/mol. The summed E-state index contributed by atoms with van der Waals surface area (Å²) in [5, 5.41) is 7.12. The van der Waals surface area contributed by atoms with Gasteiger partial charge in [0.05, 0.1) is 5.69 Å². The molecule has 0 bridgehead atoms. The highest BCUT2D eigenvalue weighted by atomic mass is 16.3. The van der Waals surface area contributed by atoms with Crippen molar-refractivity contribution in [1.29, 1.82) is 0 Å². The van der Waals surface area contributed by atoms with E-state index in [0.717, 1.165) is 57.1 Å². The maximum Gasteiger partial charge on any atom is 0.143 e. The fourth-order valence-corrected chi connectivity index (χ4v) is 8.01. The molecule has 0 saturated heterocycles. The molecule has 52 heavy (non-hydrogen) atoms. The molecule has 0 spiro atoms. The minimum atomic E-state index is 0.943. The Bertz CT molecular complexity index is 2890. The normalized spacial score (nSPS) is 12.6. The largest absolute Gasteiger partial charge is 0.456 e. The first-order valence-corrected chi connectivity index (χ1v) is 18.1. The van der Waals surface area contributed by atoms with E-state index in [1.807, 2.05) is 0 Å². The number of anilines is 3. The van der Waals surface area contributed by atoms with Crippen molar-refractivity contribution in [1.82, 2.24) is 0 Å². The van der Waals surface area contributed by atoms with Crippen molar-refractivity contribution in [2.75, 3.05) is 4.90 Å². The molecule has 246 valence electrons. The molecule has 10 rings (SSSR count). The Morgan fingerprint density at radius 2 is 1.06 bits per heavy atom. The van der Waals surface area contributed by atoms with Crippen LogP contribution in [0.15, 0.2) is 186 Å². The molecular weight excluding hydrogens is 631 g/mol. The Morgan fingerprint density at radius 3 is 1.85 bits per heavy atom. The number of hydrogen-bond donors (Lipinski definition) is 0. The molecule has 0 atom stereocenters. The van der Waals surface area contributed by atoms with E-state index < -0.39 is 0 Å². The fourth-order valence-electron chi connectivity index (χ4n) is 8.01. The number of nitrogens with zero attached hydrogens (tertiary/aromatic N) is 1. The van der Waals surface area contributed by atoms with Crippen LogP contribution in [0.25, 0.3) is 66.4 Å². The van der Waals surface area contributed by atoms with E-state index in [-0.39, 0.29) is 0 Å². The van der Waals surface area contributed by atoms with Crippen molar-refractivity contribution in [3.05, 3.63) is 198 Å². The van der Waals surface area contributed by atoms with Gasteiger partial charge in [0.1, 0.15) is 11.0 Å². The van der Waals surface area contributed by atoms with Crippen LogP contribution >= 0.6 is 0 Å². The Morgan fingerprint density at radius 1 is 0.423 bits per heavy atom. The number of benzene rings is 8. The van der Waals surface area contributed by atoms with E-state index >= 15 is 0 Å². The first-order valence-electron chi connectivity index (χ1n) is 18.1. The summed E-state index contributed by atoms with van der Waals surface area (Å²) >= 11 is 0. The molecule has 2 nitrogen and oxygen atoms in total. The third-order valence-electron chi connectivity index (χ3n) is 10.5. The van der Waals surface area contributed by atoms with Gasteiger partial charge >= 0.3 is 0 Å². The molecule has 0 aliphatic heterocycles. The minimum absolute atomic E-state index is 0.943. The van der Waals surface area contributed by atoms with Crippen molar-refractivity contribution in [3.8, 4) is 22.3 Å². The fraction of sp³-hybridized carbons (Fsp3) is 0.0400. The molecule has 1 aliphatic rings. The van der Waals surface area contributed by atoms with Gasteiger partial charge in [0.15, 0.2) is 0 Å². The van der Waals surface area contributed by atoms with Gasteiger partial charge in [0, 0.05) is 32.8 Å². The second kappa shape index (κ2) is 12.6. The summed E-state index contributed by atoms with van der Waals surface area (Å²) in [7, 11) is 0. The summed E-state index contributed by atoms with van der Waals surface area (Å²) in [6, 6.07) is 65.7. The summed E-state index contributed by atoms with van der Waals surface area (Å²) < 4.78 is 6.84. The zero-order valence-electron chi connectivity index (χ0n) is 28.7. The average molecular weight is 666 g/mol. The summed E-state index contributed by atoms with van der Waals surface area (Å²) in [6.07, 6.45) is 4.19. The SMILES string of the molecule is C1=c2oc3c(cc(N(c4ccc(-c5ccccc5)cc4)c4cccc(-c5ccccc5)c4)c4ccccc43)c2=C(c2ccc3ccccc3c2)CC1. The topological polar surface area (TPSA) is 16.4 Å². The average Bonchev–Trinajstić information content (AvgIpc) is 3.61. The van der Waals surface area contributed by atoms with E-state index in [9.17, 15) is 0 Å². The zero-order chi connectivity index (χ0) is 34.4.